The number of aliphatic hydroxyl groups excluding tert-OH is 1. The lowest BCUT2D eigenvalue weighted by Crippen LogP contribution is -2.52. The van der Waals surface area contributed by atoms with E-state index in [1.54, 1.807) is 6.07 Å². The van der Waals surface area contributed by atoms with Gasteiger partial charge in [-0.25, -0.2) is 0 Å². The lowest BCUT2D eigenvalue weighted by Gasteiger charge is -2.49. The van der Waals surface area contributed by atoms with Gasteiger partial charge in [-0.1, -0.05) is 13.8 Å². The Labute approximate surface area is 156 Å². The van der Waals surface area contributed by atoms with E-state index in [9.17, 15) is 15.3 Å². The van der Waals surface area contributed by atoms with E-state index in [0.717, 1.165) is 36.8 Å². The summed E-state index contributed by atoms with van der Waals surface area (Å²) in [4.78, 5) is 0. The highest BCUT2D eigenvalue weighted by Crippen LogP contribution is 2.49. The zero-order chi connectivity index (χ0) is 19.2. The first-order valence-corrected chi connectivity index (χ1v) is 9.64. The van der Waals surface area contributed by atoms with Crippen LogP contribution in [0, 0.1) is 18.3 Å². The molecule has 4 nitrogen and oxygen atoms in total. The molecule has 0 bridgehead atoms. The van der Waals surface area contributed by atoms with Crippen LogP contribution in [0.25, 0.3) is 6.08 Å². The Kier molecular flexibility index (Phi) is 4.87. The van der Waals surface area contributed by atoms with E-state index in [4.69, 9.17) is 4.74 Å². The van der Waals surface area contributed by atoms with Crippen LogP contribution in [0.3, 0.4) is 0 Å². The third-order valence-electron chi connectivity index (χ3n) is 6.44. The van der Waals surface area contributed by atoms with Gasteiger partial charge in [0.2, 0.25) is 0 Å². The summed E-state index contributed by atoms with van der Waals surface area (Å²) in [5, 5.41) is 30.9. The second-order valence-electron chi connectivity index (χ2n) is 9.14. The Balaban J connectivity index is 1.79. The van der Waals surface area contributed by atoms with Crippen LogP contribution >= 0.6 is 0 Å². The van der Waals surface area contributed by atoms with Crippen molar-refractivity contribution in [3.05, 3.63) is 29.3 Å². The first-order valence-electron chi connectivity index (χ1n) is 9.64. The molecule has 3 atom stereocenters. The first-order chi connectivity index (χ1) is 12.1. The van der Waals surface area contributed by atoms with Gasteiger partial charge >= 0.3 is 0 Å². The smallest absolute Gasteiger partial charge is 0.131 e. The molecule has 1 saturated carbocycles. The Morgan fingerprint density at radius 1 is 1.19 bits per heavy atom. The van der Waals surface area contributed by atoms with E-state index in [1.807, 2.05) is 32.1 Å². The van der Waals surface area contributed by atoms with E-state index in [1.165, 1.54) is 0 Å². The summed E-state index contributed by atoms with van der Waals surface area (Å²) in [5.41, 5.74) is 0.164. The van der Waals surface area contributed by atoms with Crippen LogP contribution in [-0.2, 0) is 0 Å². The number of aryl methyl sites for hydroxylation is 1. The van der Waals surface area contributed by atoms with Gasteiger partial charge in [-0.2, -0.15) is 0 Å². The third-order valence-corrected chi connectivity index (χ3v) is 6.44. The molecule has 26 heavy (non-hydrogen) atoms. The molecule has 1 aromatic rings. The van der Waals surface area contributed by atoms with E-state index in [0.29, 0.717) is 12.2 Å². The zero-order valence-electron chi connectivity index (χ0n) is 16.4. The van der Waals surface area contributed by atoms with Crippen molar-refractivity contribution >= 4 is 6.08 Å². The average Bonchev–Trinajstić information content (AvgIpc) is 2.53. The summed E-state index contributed by atoms with van der Waals surface area (Å²) in [5.74, 6) is 0.962. The normalized spacial score (nSPS) is 32.8. The van der Waals surface area contributed by atoms with Crippen molar-refractivity contribution in [1.29, 1.82) is 0 Å². The minimum absolute atomic E-state index is 0.0166. The lowest BCUT2D eigenvalue weighted by molar-refractivity contribution is -0.135. The van der Waals surface area contributed by atoms with Gasteiger partial charge in [0.15, 0.2) is 0 Å². The van der Waals surface area contributed by atoms with Gasteiger partial charge in [0.25, 0.3) is 0 Å². The molecule has 1 aliphatic carbocycles. The van der Waals surface area contributed by atoms with Crippen molar-refractivity contribution in [3.8, 4) is 11.5 Å². The van der Waals surface area contributed by atoms with Crippen molar-refractivity contribution in [2.24, 2.45) is 11.3 Å². The van der Waals surface area contributed by atoms with E-state index >= 15 is 0 Å². The topological polar surface area (TPSA) is 69.9 Å². The van der Waals surface area contributed by atoms with Gasteiger partial charge in [-0.05, 0) is 87.1 Å². The Bertz CT molecular complexity index is 708. The van der Waals surface area contributed by atoms with Crippen LogP contribution in [0.1, 0.15) is 64.0 Å². The highest BCUT2D eigenvalue weighted by Gasteiger charge is 2.48. The van der Waals surface area contributed by atoms with Gasteiger partial charge in [0.1, 0.15) is 17.1 Å². The largest absolute Gasteiger partial charge is 0.507 e. The fraction of sp³-hybridized carbons (Fsp3) is 0.636. The number of aromatic hydroxyl groups is 1. The van der Waals surface area contributed by atoms with Crippen molar-refractivity contribution in [3.63, 3.8) is 0 Å². The highest BCUT2D eigenvalue weighted by molar-refractivity contribution is 5.67. The fourth-order valence-electron chi connectivity index (χ4n) is 4.88. The standard InChI is InChI=1S/C22H32O4/c1-15-12-17(24)16-6-10-21(4,26-18(16)13-15)11-7-19-20(2,3)8-5-9-22(19,25)14-23/h6,10,12-13,19,23-25H,5,7-9,11,14H2,1-4H3/t19-,21+,22-/m0/s1. The molecule has 0 spiro atoms. The molecule has 0 amide bonds. The van der Waals surface area contributed by atoms with Gasteiger partial charge in [-0.3, -0.25) is 0 Å². The lowest BCUT2D eigenvalue weighted by atomic mass is 9.59. The first kappa shape index (κ1) is 19.2. The predicted molar refractivity (Wildman–Crippen MR) is 103 cm³/mol. The van der Waals surface area contributed by atoms with Crippen molar-refractivity contribution in [2.75, 3.05) is 6.61 Å². The molecular weight excluding hydrogens is 328 g/mol. The van der Waals surface area contributed by atoms with Gasteiger partial charge in [0, 0.05) is 0 Å². The molecule has 3 N–H and O–H groups in total. The predicted octanol–water partition coefficient (Wildman–Crippen LogP) is 4.19. The second-order valence-corrected chi connectivity index (χ2v) is 9.14. The SMILES string of the molecule is Cc1cc(O)c2c(c1)O[C@@](C)(CC[C@H]1C(C)(C)CCC[C@]1(O)CO)C=C2. The van der Waals surface area contributed by atoms with E-state index in [-0.39, 0.29) is 23.7 Å². The monoisotopic (exact) mass is 360 g/mol. The second kappa shape index (κ2) is 6.58. The van der Waals surface area contributed by atoms with Crippen LogP contribution < -0.4 is 4.74 Å². The summed E-state index contributed by atoms with van der Waals surface area (Å²) in [6, 6.07) is 3.69. The number of phenols is 1. The quantitative estimate of drug-likeness (QED) is 0.753. The summed E-state index contributed by atoms with van der Waals surface area (Å²) < 4.78 is 6.25. The molecule has 1 fully saturated rings. The minimum atomic E-state index is -1.01. The molecule has 0 radical (unpaired) electrons. The number of hydrogen-bond acceptors (Lipinski definition) is 4. The third kappa shape index (κ3) is 3.49. The molecule has 1 aromatic carbocycles. The number of hydrogen-bond donors (Lipinski definition) is 3. The molecule has 144 valence electrons. The molecule has 0 unspecified atom stereocenters. The molecule has 3 rings (SSSR count). The Hall–Kier alpha value is -1.52. The van der Waals surface area contributed by atoms with Crippen molar-refractivity contribution < 1.29 is 20.1 Å². The van der Waals surface area contributed by atoms with Gasteiger partial charge < -0.3 is 20.1 Å². The van der Waals surface area contributed by atoms with E-state index < -0.39 is 11.2 Å². The van der Waals surface area contributed by atoms with Gasteiger partial charge in [-0.15, -0.1) is 0 Å². The number of benzene rings is 1. The number of rotatable bonds is 4. The fourth-order valence-corrected chi connectivity index (χ4v) is 4.88. The number of ether oxygens (including phenoxy) is 1. The molecule has 2 aliphatic rings. The zero-order valence-corrected chi connectivity index (χ0v) is 16.4. The maximum absolute atomic E-state index is 11.0. The molecule has 0 aromatic heterocycles. The molecule has 0 saturated heterocycles. The highest BCUT2D eigenvalue weighted by atomic mass is 16.5. The number of aliphatic hydroxyl groups is 2. The summed E-state index contributed by atoms with van der Waals surface area (Å²) in [6.45, 7) is 8.16. The maximum atomic E-state index is 11.0. The molecular formula is C22H32O4. The summed E-state index contributed by atoms with van der Waals surface area (Å²) in [7, 11) is 0. The van der Waals surface area contributed by atoms with E-state index in [2.05, 4.69) is 13.8 Å². The molecule has 4 heteroatoms. The average molecular weight is 360 g/mol. The molecule has 1 aliphatic heterocycles. The van der Waals surface area contributed by atoms with Crippen LogP contribution in [0.2, 0.25) is 0 Å². The number of fused-ring (bicyclic) bond motifs is 1. The van der Waals surface area contributed by atoms with Crippen LogP contribution in [0.5, 0.6) is 11.5 Å². The van der Waals surface area contributed by atoms with Crippen molar-refractivity contribution in [2.45, 2.75) is 71.0 Å². The summed E-state index contributed by atoms with van der Waals surface area (Å²) >= 11 is 0. The maximum Gasteiger partial charge on any atom is 0.131 e. The Morgan fingerprint density at radius 2 is 1.92 bits per heavy atom. The van der Waals surface area contributed by atoms with Gasteiger partial charge in [0.05, 0.1) is 17.8 Å². The van der Waals surface area contributed by atoms with Crippen LogP contribution in [0.15, 0.2) is 18.2 Å². The van der Waals surface area contributed by atoms with Crippen LogP contribution in [0.4, 0.5) is 0 Å². The molecule has 1 heterocycles. The summed E-state index contributed by atoms with van der Waals surface area (Å²) in [6.07, 6.45) is 8.10. The van der Waals surface area contributed by atoms with Crippen LogP contribution in [-0.4, -0.2) is 33.1 Å². The minimum Gasteiger partial charge on any atom is -0.507 e. The van der Waals surface area contributed by atoms with Crippen molar-refractivity contribution in [1.82, 2.24) is 0 Å². The number of phenolic OH excluding ortho intramolecular Hbond substituents is 1. The Morgan fingerprint density at radius 3 is 2.62 bits per heavy atom.